The van der Waals surface area contributed by atoms with Crippen molar-refractivity contribution in [2.75, 3.05) is 63.0 Å². The number of carbonyl (C=O) groups is 1. The lowest BCUT2D eigenvalue weighted by Crippen LogP contribution is -2.66. The van der Waals surface area contributed by atoms with Crippen molar-refractivity contribution in [2.24, 2.45) is 0 Å². The summed E-state index contributed by atoms with van der Waals surface area (Å²) in [6, 6.07) is 0. The molecule has 0 radical (unpaired) electrons. The molecule has 12 nitrogen and oxygen atoms in total. The molecule has 0 amide bonds. The van der Waals surface area contributed by atoms with E-state index >= 15 is 0 Å². The van der Waals surface area contributed by atoms with Gasteiger partial charge in [-0.15, -0.1) is 0 Å². The van der Waals surface area contributed by atoms with Crippen molar-refractivity contribution in [3.8, 4) is 0 Å². The van der Waals surface area contributed by atoms with Crippen molar-refractivity contribution < 1.29 is 56.9 Å². The van der Waals surface area contributed by atoms with Crippen LogP contribution in [0.5, 0.6) is 0 Å². The molecule has 12 heteroatoms. The fourth-order valence-electron chi connectivity index (χ4n) is 4.33. The van der Waals surface area contributed by atoms with Gasteiger partial charge in [-0.2, -0.15) is 0 Å². The second kappa shape index (κ2) is 13.8. The van der Waals surface area contributed by atoms with E-state index in [4.69, 9.17) is 52.1 Å². The van der Waals surface area contributed by atoms with Crippen molar-refractivity contribution in [1.29, 1.82) is 0 Å². The number of hydrogen-bond acceptors (Lipinski definition) is 12. The predicted octanol–water partition coefficient (Wildman–Crippen LogP) is -0.248. The zero-order valence-corrected chi connectivity index (χ0v) is 20.6. The van der Waals surface area contributed by atoms with Gasteiger partial charge in [0.05, 0.1) is 6.61 Å². The Hall–Kier alpha value is -0.930. The number of ether oxygens (including phenoxy) is 11. The number of rotatable bonds is 12. The third-order valence-electron chi connectivity index (χ3n) is 5.85. The molecule has 2 rings (SSSR count). The minimum absolute atomic E-state index is 0.0869. The molecular weight excluding hydrogens is 444 g/mol. The summed E-state index contributed by atoms with van der Waals surface area (Å²) in [6.45, 7) is 1.47. The highest BCUT2D eigenvalue weighted by Crippen LogP contribution is 2.33. The number of esters is 1. The first-order valence-corrected chi connectivity index (χ1v) is 10.7. The summed E-state index contributed by atoms with van der Waals surface area (Å²) in [7, 11) is 10.7. The Bertz CT molecular complexity index is 577. The smallest absolute Gasteiger partial charge is 0.302 e. The van der Waals surface area contributed by atoms with Gasteiger partial charge in [0.15, 0.2) is 12.6 Å². The maximum atomic E-state index is 11.5. The van der Waals surface area contributed by atoms with Gasteiger partial charge < -0.3 is 52.1 Å². The van der Waals surface area contributed by atoms with Crippen molar-refractivity contribution in [2.45, 2.75) is 68.3 Å². The largest absolute Gasteiger partial charge is 0.463 e. The molecule has 0 saturated carbocycles. The average molecular weight is 483 g/mol. The van der Waals surface area contributed by atoms with E-state index in [9.17, 15) is 4.79 Å². The molecule has 2 fully saturated rings. The quantitative estimate of drug-likeness (QED) is 0.341. The SMILES string of the molecule is COC[C@H]1O[C@H](O[C@H]2[C@H](OC)[C@@H](OC)[C@@H](OC)O[C@@H]2COC(C)=O)[C@@H](OC)[C@@H](OC)[C@@H]1OC. The van der Waals surface area contributed by atoms with Crippen molar-refractivity contribution >= 4 is 5.97 Å². The van der Waals surface area contributed by atoms with Crippen LogP contribution in [0.1, 0.15) is 6.92 Å². The van der Waals surface area contributed by atoms with Crippen LogP contribution in [0.4, 0.5) is 0 Å². The van der Waals surface area contributed by atoms with Gasteiger partial charge >= 0.3 is 5.97 Å². The summed E-state index contributed by atoms with van der Waals surface area (Å²) < 4.78 is 62.8. The van der Waals surface area contributed by atoms with E-state index in [2.05, 4.69) is 0 Å². The first kappa shape index (κ1) is 28.3. The Morgan fingerprint density at radius 2 is 1.09 bits per heavy atom. The normalized spacial score (nSPS) is 39.4. The van der Waals surface area contributed by atoms with E-state index in [1.54, 1.807) is 21.3 Å². The Morgan fingerprint density at radius 3 is 1.58 bits per heavy atom. The zero-order valence-electron chi connectivity index (χ0n) is 20.6. The summed E-state index contributed by atoms with van der Waals surface area (Å²) in [5.74, 6) is -0.458. The third kappa shape index (κ3) is 6.60. The van der Waals surface area contributed by atoms with Crippen LogP contribution >= 0.6 is 0 Å². The molecule has 2 aliphatic heterocycles. The van der Waals surface area contributed by atoms with Gasteiger partial charge in [-0.3, -0.25) is 4.79 Å². The first-order chi connectivity index (χ1) is 15.9. The Morgan fingerprint density at radius 1 is 0.606 bits per heavy atom. The average Bonchev–Trinajstić information content (AvgIpc) is 2.81. The fourth-order valence-corrected chi connectivity index (χ4v) is 4.33. The monoisotopic (exact) mass is 482 g/mol. The Labute approximate surface area is 194 Å². The van der Waals surface area contributed by atoms with Crippen molar-refractivity contribution in [1.82, 2.24) is 0 Å². The standard InChI is InChI=1S/C21H38O12/c1-11(22)30-10-13-15(17(26-5)18(27-6)20(29-8)31-13)33-21-19(28-7)16(25-4)14(24-3)12(32-21)9-23-2/h12-21H,9-10H2,1-8H3/t12-,13-,14-,15-,16+,17+,18-,19+,20+,21-/m1/s1. The van der Waals surface area contributed by atoms with Crippen LogP contribution < -0.4 is 0 Å². The highest BCUT2D eigenvalue weighted by Gasteiger charge is 2.53. The van der Waals surface area contributed by atoms with Crippen LogP contribution in [-0.4, -0.2) is 130 Å². The second-order valence-electron chi connectivity index (χ2n) is 7.68. The zero-order chi connectivity index (χ0) is 24.5. The second-order valence-corrected chi connectivity index (χ2v) is 7.68. The summed E-state index contributed by atoms with van der Waals surface area (Å²) in [6.07, 6.45) is -6.56. The molecular formula is C21H38O12. The van der Waals surface area contributed by atoms with E-state index in [0.717, 1.165) is 0 Å². The Kier molecular flexibility index (Phi) is 11.9. The number of carbonyl (C=O) groups excluding carboxylic acids is 1. The van der Waals surface area contributed by atoms with E-state index < -0.39 is 67.4 Å². The molecule has 0 aromatic heterocycles. The van der Waals surface area contributed by atoms with Crippen LogP contribution in [0.15, 0.2) is 0 Å². The molecule has 0 aliphatic carbocycles. The molecule has 33 heavy (non-hydrogen) atoms. The maximum absolute atomic E-state index is 11.5. The number of hydrogen-bond donors (Lipinski definition) is 0. The van der Waals surface area contributed by atoms with E-state index in [1.807, 2.05) is 0 Å². The van der Waals surface area contributed by atoms with Crippen LogP contribution in [0.25, 0.3) is 0 Å². The lowest BCUT2D eigenvalue weighted by Gasteiger charge is -2.49. The summed E-state index contributed by atoms with van der Waals surface area (Å²) in [4.78, 5) is 11.5. The van der Waals surface area contributed by atoms with E-state index in [1.165, 1.54) is 35.4 Å². The van der Waals surface area contributed by atoms with Gasteiger partial charge in [0.1, 0.15) is 55.4 Å². The first-order valence-electron chi connectivity index (χ1n) is 10.7. The Balaban J connectivity index is 2.35. The molecule has 10 atom stereocenters. The minimum atomic E-state index is -0.908. The number of methoxy groups -OCH3 is 7. The lowest BCUT2D eigenvalue weighted by atomic mass is 9.96. The predicted molar refractivity (Wildman–Crippen MR) is 112 cm³/mol. The van der Waals surface area contributed by atoms with E-state index in [0.29, 0.717) is 0 Å². The molecule has 0 unspecified atom stereocenters. The molecule has 0 aromatic rings. The topological polar surface area (TPSA) is 119 Å². The summed E-state index contributed by atoms with van der Waals surface area (Å²) in [5.41, 5.74) is 0. The van der Waals surface area contributed by atoms with Crippen LogP contribution in [0.3, 0.4) is 0 Å². The van der Waals surface area contributed by atoms with E-state index in [-0.39, 0.29) is 13.2 Å². The molecule has 2 heterocycles. The van der Waals surface area contributed by atoms with Crippen molar-refractivity contribution in [3.63, 3.8) is 0 Å². The van der Waals surface area contributed by atoms with Gasteiger partial charge in [0.2, 0.25) is 0 Å². The maximum Gasteiger partial charge on any atom is 0.302 e. The highest BCUT2D eigenvalue weighted by atomic mass is 16.8. The summed E-state index contributed by atoms with van der Waals surface area (Å²) in [5, 5.41) is 0. The third-order valence-corrected chi connectivity index (χ3v) is 5.85. The van der Waals surface area contributed by atoms with Crippen molar-refractivity contribution in [3.05, 3.63) is 0 Å². The molecule has 2 saturated heterocycles. The highest BCUT2D eigenvalue weighted by molar-refractivity contribution is 5.65. The lowest BCUT2D eigenvalue weighted by molar-refractivity contribution is -0.365. The van der Waals surface area contributed by atoms with Crippen LogP contribution in [0.2, 0.25) is 0 Å². The van der Waals surface area contributed by atoms with Gasteiger partial charge in [-0.25, -0.2) is 0 Å². The molecule has 194 valence electrons. The molecule has 0 bridgehead atoms. The van der Waals surface area contributed by atoms with Gasteiger partial charge in [0, 0.05) is 56.7 Å². The van der Waals surface area contributed by atoms with Gasteiger partial charge in [-0.05, 0) is 0 Å². The fraction of sp³-hybridized carbons (Fsp3) is 0.952. The minimum Gasteiger partial charge on any atom is -0.463 e. The molecule has 0 spiro atoms. The van der Waals surface area contributed by atoms with Gasteiger partial charge in [0.25, 0.3) is 0 Å². The van der Waals surface area contributed by atoms with Crippen LogP contribution in [-0.2, 0) is 56.9 Å². The van der Waals surface area contributed by atoms with Gasteiger partial charge in [-0.1, -0.05) is 0 Å². The summed E-state index contributed by atoms with van der Waals surface area (Å²) >= 11 is 0. The molecule has 2 aliphatic rings. The van der Waals surface area contributed by atoms with Crippen LogP contribution in [0, 0.1) is 0 Å². The molecule has 0 N–H and O–H groups in total. The molecule has 0 aromatic carbocycles.